The van der Waals surface area contributed by atoms with Crippen molar-refractivity contribution >= 4 is 64.4 Å². The van der Waals surface area contributed by atoms with Crippen LogP contribution in [0.5, 0.6) is 0 Å². The van der Waals surface area contributed by atoms with Gasteiger partial charge in [-0.25, -0.2) is 40.0 Å². The third kappa shape index (κ3) is 22.7. The molecular formula is C87H94N20O14. The summed E-state index contributed by atoms with van der Waals surface area (Å²) in [6.45, 7) is 18.0. The lowest BCUT2D eigenvalue weighted by atomic mass is 10.1. The minimum atomic E-state index is -1.04. The number of hydrogen-bond acceptors (Lipinski definition) is 27. The van der Waals surface area contributed by atoms with Crippen LogP contribution in [0.25, 0.3) is 45.7 Å². The number of aryl methyl sites for hydroxylation is 6. The van der Waals surface area contributed by atoms with Crippen LogP contribution in [0.1, 0.15) is 154 Å². The second-order valence-corrected chi connectivity index (χ2v) is 27.4. The van der Waals surface area contributed by atoms with E-state index in [0.29, 0.717) is 79.4 Å². The molecule has 8 aromatic carbocycles. The molecule has 34 nitrogen and oxygen atoms in total. The van der Waals surface area contributed by atoms with Crippen molar-refractivity contribution < 1.29 is 66.5 Å². The van der Waals surface area contributed by atoms with Gasteiger partial charge in [-0.3, -0.25) is 34.8 Å². The number of hydrogen-bond donors (Lipinski definition) is 9. The number of methoxy groups -OCH3 is 3. The zero-order valence-electron chi connectivity index (χ0n) is 67.9. The number of nitrogens with one attached hydrogen (secondary N) is 2. The monoisotopic (exact) mass is 1640 g/mol. The molecule has 0 radical (unpaired) electrons. The van der Waals surface area contributed by atoms with E-state index in [2.05, 4.69) is 46.2 Å². The number of carboxylic acids is 1. The summed E-state index contributed by atoms with van der Waals surface area (Å²) in [4.78, 5) is 83.9. The van der Waals surface area contributed by atoms with Gasteiger partial charge < -0.3 is 55.8 Å². The quantitative estimate of drug-likeness (QED) is 0.0119. The standard InChI is InChI=1S/2C20H17N5O2.C18H17N5O2.C18H15N3O3.C5H12N2O2.C5H12O3.CH4/c2*1-12-8-9-15(20-24-23-13(2)27-20)10-17(12)25-19(21)16(11-22-25)18(26)14-6-4-3-5-7-14;1-11-7-8-13(18(25)22-20)9-15(11)23-17(19)14(10-21-23)16(24)12-5-3-2-4-6-12;1-11-7-8-13(18(23)24)9-15(11)21-17(19)14(10-20-21)16(22)12-5-3-2-4-6-12;1-5(2,3)9-4(8)7-6;1-5(6-2,7-3)8-4;/h2*3-11H,21H2,1-2H3;2-10H,19-20H2,1H3,(H,22,25);2-10H,19H2,1H3,(H,23,24);6H2,1-3H3,(H,7,8);1-4H3;1H4. The van der Waals surface area contributed by atoms with E-state index in [0.717, 1.165) is 44.8 Å². The molecule has 121 heavy (non-hydrogen) atoms. The predicted octanol–water partition coefficient (Wildman–Crippen LogP) is 12.6. The Balaban J connectivity index is 0.000000188. The van der Waals surface area contributed by atoms with Crippen LogP contribution in [0.2, 0.25) is 0 Å². The molecule has 14 aromatic rings. The first kappa shape index (κ1) is 91.3. The zero-order valence-corrected chi connectivity index (χ0v) is 67.9. The molecule has 14 rings (SSSR count). The number of ether oxygens (including phenoxy) is 4. The van der Waals surface area contributed by atoms with Gasteiger partial charge in [-0.1, -0.05) is 153 Å². The Labute approximate surface area is 696 Å². The number of carbonyl (C=O) groups is 7. The minimum Gasteiger partial charge on any atom is -0.478 e. The van der Waals surface area contributed by atoms with E-state index in [9.17, 15) is 33.6 Å². The Morgan fingerprint density at radius 2 is 0.661 bits per heavy atom. The van der Waals surface area contributed by atoms with Crippen LogP contribution in [0.3, 0.4) is 0 Å². The van der Waals surface area contributed by atoms with E-state index in [1.54, 1.807) is 148 Å². The van der Waals surface area contributed by atoms with Crippen LogP contribution in [-0.2, 0) is 18.9 Å². The highest BCUT2D eigenvalue weighted by Crippen LogP contribution is 2.31. The summed E-state index contributed by atoms with van der Waals surface area (Å²) >= 11 is 0. The van der Waals surface area contributed by atoms with Crippen LogP contribution in [-0.4, -0.2) is 139 Å². The number of ketones is 4. The maximum atomic E-state index is 12.7. The first-order valence-corrected chi connectivity index (χ1v) is 36.6. The van der Waals surface area contributed by atoms with Crippen molar-refractivity contribution in [1.29, 1.82) is 0 Å². The molecule has 0 bridgehead atoms. The van der Waals surface area contributed by atoms with Crippen molar-refractivity contribution in [2.75, 3.05) is 44.3 Å². The van der Waals surface area contributed by atoms with Gasteiger partial charge in [0.05, 0.1) is 75.4 Å². The third-order valence-electron chi connectivity index (χ3n) is 17.9. The van der Waals surface area contributed by atoms with Gasteiger partial charge in [0.2, 0.25) is 23.6 Å². The van der Waals surface area contributed by atoms with Gasteiger partial charge in [-0.05, 0) is 119 Å². The number of nitrogens with zero attached hydrogens (tertiary/aromatic N) is 12. The molecule has 626 valence electrons. The van der Waals surface area contributed by atoms with Crippen LogP contribution in [0.4, 0.5) is 28.1 Å². The van der Waals surface area contributed by atoms with Crippen LogP contribution in [0, 0.1) is 41.5 Å². The summed E-state index contributed by atoms with van der Waals surface area (Å²) < 4.78 is 36.0. The Morgan fingerprint density at radius 1 is 0.380 bits per heavy atom. The molecule has 34 heteroatoms. The fourth-order valence-corrected chi connectivity index (χ4v) is 11.2. The number of nitrogen functional groups attached to an aromatic ring is 5. The van der Waals surface area contributed by atoms with Crippen LogP contribution >= 0.6 is 0 Å². The highest BCUT2D eigenvalue weighted by molar-refractivity contribution is 6.14. The predicted molar refractivity (Wildman–Crippen MR) is 455 cm³/mol. The van der Waals surface area contributed by atoms with Crippen molar-refractivity contribution in [3.63, 3.8) is 0 Å². The zero-order chi connectivity index (χ0) is 87.3. The fraction of sp³-hybridized carbons (Fsp3) is 0.184. The van der Waals surface area contributed by atoms with Crippen molar-refractivity contribution in [3.05, 3.63) is 309 Å². The SMILES string of the molecule is C.CC(C)(C)OC(=O)NN.COC(C)(OC)OC.Cc1ccc(C(=O)NN)cc1-n1ncc(C(=O)c2ccccc2)c1N.Cc1ccc(C(=O)O)cc1-n1ncc(C(=O)c2ccccc2)c1N.Cc1nnc(-c2ccc(C)c(-n3ncc(C(=O)c4ccccc4)c3N)c2)o1.Cc1nnc(-c2ccc(C)c(-n3ncc(C(=O)c4ccccc4)c3N)c2)o1. The molecule has 0 unspecified atom stereocenters. The van der Waals surface area contributed by atoms with Crippen molar-refractivity contribution in [2.45, 2.75) is 88.2 Å². The second kappa shape index (κ2) is 41.1. The summed E-state index contributed by atoms with van der Waals surface area (Å²) in [7, 11) is 4.56. The maximum Gasteiger partial charge on any atom is 0.421 e. The topological polar surface area (TPSA) is 506 Å². The number of nitrogens with two attached hydrogens (primary N) is 6. The normalized spacial score (nSPS) is 10.7. The molecule has 0 saturated heterocycles. The van der Waals surface area contributed by atoms with Crippen molar-refractivity contribution in [2.24, 2.45) is 11.7 Å². The average molecular weight is 1640 g/mol. The van der Waals surface area contributed by atoms with Gasteiger partial charge in [-0.15, -0.1) is 20.4 Å². The second-order valence-electron chi connectivity index (χ2n) is 27.4. The molecule has 15 N–H and O–H groups in total. The summed E-state index contributed by atoms with van der Waals surface area (Å²) in [6, 6.07) is 56.7. The number of aromatic carboxylic acids is 1. The summed E-state index contributed by atoms with van der Waals surface area (Å²) in [5, 5.41) is 42.0. The number of carboxylic acid groups (broad SMARTS) is 1. The van der Waals surface area contributed by atoms with Crippen LogP contribution < -0.4 is 45.5 Å². The Morgan fingerprint density at radius 3 is 0.901 bits per heavy atom. The van der Waals surface area contributed by atoms with Gasteiger partial charge in [0.1, 0.15) is 28.9 Å². The molecule has 0 aliphatic heterocycles. The van der Waals surface area contributed by atoms with Gasteiger partial charge >= 0.3 is 12.1 Å². The van der Waals surface area contributed by atoms with E-state index in [4.69, 9.17) is 67.5 Å². The summed E-state index contributed by atoms with van der Waals surface area (Å²) in [6.07, 6.45) is 5.21. The molecule has 0 aliphatic carbocycles. The lowest BCUT2D eigenvalue weighted by Gasteiger charge is -2.23. The number of carbonyl (C=O) groups excluding carboxylic acids is 6. The van der Waals surface area contributed by atoms with Crippen LogP contribution in [0.15, 0.2) is 228 Å². The first-order valence-electron chi connectivity index (χ1n) is 36.6. The van der Waals surface area contributed by atoms with E-state index < -0.39 is 29.5 Å². The van der Waals surface area contributed by atoms with Gasteiger partial charge in [0.25, 0.3) is 11.9 Å². The van der Waals surface area contributed by atoms with E-state index >= 15 is 0 Å². The highest BCUT2D eigenvalue weighted by atomic mass is 16.9. The van der Waals surface area contributed by atoms with E-state index in [1.807, 2.05) is 118 Å². The number of rotatable bonds is 19. The van der Waals surface area contributed by atoms with Crippen molar-refractivity contribution in [1.82, 2.24) is 70.4 Å². The lowest BCUT2D eigenvalue weighted by molar-refractivity contribution is -0.340. The summed E-state index contributed by atoms with van der Waals surface area (Å²) in [5.41, 5.74) is 39.9. The van der Waals surface area contributed by atoms with Gasteiger partial charge in [-0.2, -0.15) is 20.4 Å². The lowest BCUT2D eigenvalue weighted by Crippen LogP contribution is -2.36. The van der Waals surface area contributed by atoms with E-state index in [-0.39, 0.29) is 65.0 Å². The molecule has 0 saturated carbocycles. The van der Waals surface area contributed by atoms with Gasteiger partial charge in [0, 0.05) is 81.0 Å². The molecule has 6 heterocycles. The third-order valence-corrected chi connectivity index (χ3v) is 17.9. The number of aromatic nitrogens is 12. The number of amides is 2. The Bertz CT molecular complexity index is 5760. The number of anilines is 4. The molecule has 0 fully saturated rings. The first-order chi connectivity index (χ1) is 57.2. The number of hydrazine groups is 2. The Kier molecular flexibility index (Phi) is 31.0. The minimum absolute atomic E-state index is 0. The average Bonchev–Trinajstić information content (AvgIpc) is 1.68. The fourth-order valence-electron chi connectivity index (χ4n) is 11.2. The largest absolute Gasteiger partial charge is 0.478 e. The van der Waals surface area contributed by atoms with Crippen molar-refractivity contribution in [3.8, 4) is 45.7 Å². The molecule has 2 amide bonds. The van der Waals surface area contributed by atoms with E-state index in [1.165, 1.54) is 67.6 Å². The molecule has 6 aromatic heterocycles. The number of benzene rings is 8. The smallest absolute Gasteiger partial charge is 0.421 e. The highest BCUT2D eigenvalue weighted by Gasteiger charge is 2.26. The molecular weight excluding hydrogens is 1550 g/mol. The Hall–Kier alpha value is -15.2. The summed E-state index contributed by atoms with van der Waals surface area (Å²) in [5.74, 6) is 9.58. The molecule has 0 aliphatic rings. The van der Waals surface area contributed by atoms with Gasteiger partial charge in [0.15, 0.2) is 23.1 Å². The molecule has 0 atom stereocenters. The maximum absolute atomic E-state index is 12.7. The molecule has 0 spiro atoms.